The Kier molecular flexibility index (Phi) is 1.92. The van der Waals surface area contributed by atoms with Crippen LogP contribution in [0.3, 0.4) is 0 Å². The third-order valence-corrected chi connectivity index (χ3v) is 2.68. The molecule has 1 N–H and O–H groups in total. The summed E-state index contributed by atoms with van der Waals surface area (Å²) in [7, 11) is 0. The van der Waals surface area contributed by atoms with Crippen LogP contribution in [0.15, 0.2) is 36.4 Å². The number of fused-ring (bicyclic) bond motifs is 1. The number of benzene rings is 2. The molecule has 1 nitrogen and oxygen atoms in total. The smallest absolute Gasteiger partial charge is 0.129 e. The average Bonchev–Trinajstić information content (AvgIpc) is 2.07. The van der Waals surface area contributed by atoms with Crippen molar-refractivity contribution in [2.75, 3.05) is 0 Å². The lowest BCUT2D eigenvalue weighted by Gasteiger charge is -2.00. The summed E-state index contributed by atoms with van der Waals surface area (Å²) in [6, 6.07) is 11.8. The van der Waals surface area contributed by atoms with Gasteiger partial charge in [0.1, 0.15) is 5.75 Å². The first-order valence-corrected chi connectivity index (χ1v) is 4.72. The van der Waals surface area contributed by atoms with Gasteiger partial charge in [0.05, 0.1) is 3.57 Å². The van der Waals surface area contributed by atoms with Crippen molar-refractivity contribution in [3.05, 3.63) is 40.0 Å². The summed E-state index contributed by atoms with van der Waals surface area (Å²) in [6.45, 7) is 0. The predicted molar refractivity (Wildman–Crippen MR) is 58.3 cm³/mol. The molecule has 0 unspecified atom stereocenters. The predicted octanol–water partition coefficient (Wildman–Crippen LogP) is 3.15. The van der Waals surface area contributed by atoms with E-state index in [1.54, 1.807) is 6.07 Å². The Hall–Kier alpha value is -0.770. The number of phenolic OH excluding ortho intramolecular Hbond substituents is 1. The van der Waals surface area contributed by atoms with E-state index in [1.807, 2.05) is 30.3 Å². The summed E-state index contributed by atoms with van der Waals surface area (Å²) < 4.78 is 0.895. The molecule has 0 aliphatic carbocycles. The molecule has 0 aromatic heterocycles. The summed E-state index contributed by atoms with van der Waals surface area (Å²) in [5, 5.41) is 11.7. The highest BCUT2D eigenvalue weighted by Gasteiger charge is 1.98. The number of rotatable bonds is 0. The molecule has 0 atom stereocenters. The Labute approximate surface area is 84.2 Å². The van der Waals surface area contributed by atoms with E-state index in [1.165, 1.54) is 5.39 Å². The van der Waals surface area contributed by atoms with Crippen molar-refractivity contribution in [1.29, 1.82) is 0 Å². The fraction of sp³-hybridized carbons (Fsp3) is 0. The second kappa shape index (κ2) is 2.94. The van der Waals surface area contributed by atoms with Crippen LogP contribution in [0.2, 0.25) is 0 Å². The lowest BCUT2D eigenvalue weighted by molar-refractivity contribution is 0.472. The first-order chi connectivity index (χ1) is 5.77. The van der Waals surface area contributed by atoms with Crippen molar-refractivity contribution in [2.45, 2.75) is 0 Å². The lowest BCUT2D eigenvalue weighted by atomic mass is 10.1. The van der Waals surface area contributed by atoms with Crippen molar-refractivity contribution < 1.29 is 5.11 Å². The Bertz CT molecular complexity index is 383. The molecule has 2 aromatic carbocycles. The highest BCUT2D eigenvalue weighted by atomic mass is 127. The van der Waals surface area contributed by atoms with E-state index in [4.69, 9.17) is 0 Å². The van der Waals surface area contributed by atoms with Gasteiger partial charge in [-0.2, -0.15) is 0 Å². The van der Waals surface area contributed by atoms with Crippen molar-refractivity contribution in [3.63, 3.8) is 0 Å². The minimum absolute atomic E-state index is 0.356. The highest BCUT2D eigenvalue weighted by Crippen LogP contribution is 2.25. The zero-order valence-corrected chi connectivity index (χ0v) is 8.45. The molecule has 0 saturated heterocycles. The molecule has 2 heteroatoms. The van der Waals surface area contributed by atoms with Gasteiger partial charge < -0.3 is 5.11 Å². The summed E-state index contributed by atoms with van der Waals surface area (Å²) >= 11 is 2.12. The zero-order valence-electron chi connectivity index (χ0n) is 6.29. The lowest BCUT2D eigenvalue weighted by Crippen LogP contribution is -1.75. The van der Waals surface area contributed by atoms with Gasteiger partial charge in [0.15, 0.2) is 0 Å². The molecule has 0 heterocycles. The van der Waals surface area contributed by atoms with Gasteiger partial charge in [0.25, 0.3) is 0 Å². The van der Waals surface area contributed by atoms with Crippen molar-refractivity contribution in [1.82, 2.24) is 0 Å². The van der Waals surface area contributed by atoms with E-state index in [0.29, 0.717) is 5.75 Å². The third-order valence-electron chi connectivity index (χ3n) is 1.82. The van der Waals surface area contributed by atoms with Gasteiger partial charge in [-0.05, 0) is 45.5 Å². The molecule has 0 amide bonds. The quantitative estimate of drug-likeness (QED) is 0.729. The van der Waals surface area contributed by atoms with Crippen LogP contribution < -0.4 is 0 Å². The molecular formula is C10H7IO. The molecule has 60 valence electrons. The fourth-order valence-corrected chi connectivity index (χ4v) is 1.69. The molecule has 2 rings (SSSR count). The minimum atomic E-state index is 0.356. The topological polar surface area (TPSA) is 20.2 Å². The van der Waals surface area contributed by atoms with Gasteiger partial charge in [0, 0.05) is 0 Å². The van der Waals surface area contributed by atoms with E-state index in [9.17, 15) is 5.11 Å². The number of phenols is 1. The van der Waals surface area contributed by atoms with Crippen LogP contribution in [0.4, 0.5) is 0 Å². The van der Waals surface area contributed by atoms with E-state index in [0.717, 1.165) is 8.96 Å². The molecule has 0 spiro atoms. The summed E-state index contributed by atoms with van der Waals surface area (Å²) in [5.41, 5.74) is 0. The van der Waals surface area contributed by atoms with Gasteiger partial charge in [-0.25, -0.2) is 0 Å². The molecule has 12 heavy (non-hydrogen) atoms. The molecule has 0 aliphatic heterocycles. The van der Waals surface area contributed by atoms with Crippen LogP contribution in [0, 0.1) is 3.57 Å². The molecule has 0 aliphatic rings. The first-order valence-electron chi connectivity index (χ1n) is 3.64. The number of halogens is 1. The maximum atomic E-state index is 9.41. The van der Waals surface area contributed by atoms with E-state index in [-0.39, 0.29) is 0 Å². The Morgan fingerprint density at radius 2 is 1.58 bits per heavy atom. The van der Waals surface area contributed by atoms with Gasteiger partial charge in [-0.15, -0.1) is 0 Å². The number of aromatic hydroxyl groups is 1. The maximum Gasteiger partial charge on any atom is 0.129 e. The standard InChI is InChI=1S/C10H7IO/c11-9-5-7-3-1-2-4-8(7)6-10(9)12/h1-6,12H. The van der Waals surface area contributed by atoms with Crippen LogP contribution in [-0.4, -0.2) is 5.11 Å². The zero-order chi connectivity index (χ0) is 8.55. The van der Waals surface area contributed by atoms with Crippen molar-refractivity contribution in [2.24, 2.45) is 0 Å². The average molecular weight is 270 g/mol. The van der Waals surface area contributed by atoms with Crippen LogP contribution in [-0.2, 0) is 0 Å². The van der Waals surface area contributed by atoms with Gasteiger partial charge in [-0.1, -0.05) is 24.3 Å². The molecule has 0 saturated carbocycles. The number of hydrogen-bond acceptors (Lipinski definition) is 1. The van der Waals surface area contributed by atoms with Crippen LogP contribution in [0.1, 0.15) is 0 Å². The number of hydrogen-bond donors (Lipinski definition) is 1. The minimum Gasteiger partial charge on any atom is -0.507 e. The molecular weight excluding hydrogens is 263 g/mol. The Morgan fingerprint density at radius 3 is 2.25 bits per heavy atom. The van der Waals surface area contributed by atoms with Crippen LogP contribution in [0.25, 0.3) is 10.8 Å². The van der Waals surface area contributed by atoms with Gasteiger partial charge in [-0.3, -0.25) is 0 Å². The first kappa shape index (κ1) is 7.86. The normalized spacial score (nSPS) is 10.4. The Morgan fingerprint density at radius 1 is 1.00 bits per heavy atom. The molecule has 0 bridgehead atoms. The molecule has 0 fully saturated rings. The van der Waals surface area contributed by atoms with Crippen molar-refractivity contribution >= 4 is 33.4 Å². The molecule has 0 radical (unpaired) electrons. The summed E-state index contributed by atoms with van der Waals surface area (Å²) in [6.07, 6.45) is 0. The monoisotopic (exact) mass is 270 g/mol. The second-order valence-electron chi connectivity index (χ2n) is 2.65. The Balaban J connectivity index is 2.84. The molecule has 2 aromatic rings. The van der Waals surface area contributed by atoms with E-state index in [2.05, 4.69) is 22.6 Å². The van der Waals surface area contributed by atoms with Gasteiger partial charge >= 0.3 is 0 Å². The summed E-state index contributed by atoms with van der Waals surface area (Å²) in [5.74, 6) is 0.356. The van der Waals surface area contributed by atoms with Crippen LogP contribution in [0.5, 0.6) is 5.75 Å². The maximum absolute atomic E-state index is 9.41. The van der Waals surface area contributed by atoms with E-state index >= 15 is 0 Å². The van der Waals surface area contributed by atoms with E-state index < -0.39 is 0 Å². The van der Waals surface area contributed by atoms with Crippen molar-refractivity contribution in [3.8, 4) is 5.75 Å². The van der Waals surface area contributed by atoms with Gasteiger partial charge in [0.2, 0.25) is 0 Å². The largest absolute Gasteiger partial charge is 0.507 e. The highest BCUT2D eigenvalue weighted by molar-refractivity contribution is 14.1. The fourth-order valence-electron chi connectivity index (χ4n) is 1.20. The summed E-state index contributed by atoms with van der Waals surface area (Å²) in [4.78, 5) is 0. The van der Waals surface area contributed by atoms with Crippen LogP contribution >= 0.6 is 22.6 Å². The SMILES string of the molecule is Oc1cc2ccccc2cc1I. The third kappa shape index (κ3) is 1.27. The second-order valence-corrected chi connectivity index (χ2v) is 3.81.